The van der Waals surface area contributed by atoms with E-state index in [1.54, 1.807) is 18.2 Å². The Kier molecular flexibility index (Phi) is 6.20. The zero-order valence-electron chi connectivity index (χ0n) is 15.2. The van der Waals surface area contributed by atoms with Crippen molar-refractivity contribution < 1.29 is 22.7 Å². The molecule has 2 N–H and O–H groups in total. The topological polar surface area (TPSA) is 120 Å². The second kappa shape index (κ2) is 8.64. The minimum atomic E-state index is -4.01. The highest BCUT2D eigenvalue weighted by atomic mass is 35.5. The lowest BCUT2D eigenvalue weighted by Crippen LogP contribution is -2.12. The zero-order chi connectivity index (χ0) is 21.0. The van der Waals surface area contributed by atoms with Crippen molar-refractivity contribution in [3.63, 3.8) is 0 Å². The van der Waals surface area contributed by atoms with E-state index in [1.807, 2.05) is 0 Å². The number of ether oxygens (including phenoxy) is 2. The van der Waals surface area contributed by atoms with Crippen molar-refractivity contribution in [2.24, 2.45) is 0 Å². The third kappa shape index (κ3) is 4.94. The second-order valence-electron chi connectivity index (χ2n) is 5.51. The number of aromatic nitrogens is 2. The van der Waals surface area contributed by atoms with E-state index in [0.29, 0.717) is 33.4 Å². The van der Waals surface area contributed by atoms with Gasteiger partial charge in [0.15, 0.2) is 11.5 Å². The molecule has 0 atom stereocenters. The molecule has 29 heavy (non-hydrogen) atoms. The van der Waals surface area contributed by atoms with Crippen molar-refractivity contribution in [1.29, 1.82) is 0 Å². The van der Waals surface area contributed by atoms with Gasteiger partial charge in [0.1, 0.15) is 0 Å². The minimum absolute atomic E-state index is 0.0395. The monoisotopic (exact) mass is 454 g/mol. The SMILES string of the molecule is COc1ccc(NS(=O)(=O)c2nnc(NC(=O)c3ccc(Cl)cc3)s2)cc1OC. The summed E-state index contributed by atoms with van der Waals surface area (Å²) in [6, 6.07) is 10.8. The molecule has 1 heterocycles. The van der Waals surface area contributed by atoms with Crippen LogP contribution in [0.1, 0.15) is 10.4 Å². The number of sulfonamides is 1. The molecule has 0 bridgehead atoms. The molecule has 0 unspecified atom stereocenters. The molecule has 0 aliphatic heterocycles. The smallest absolute Gasteiger partial charge is 0.291 e. The van der Waals surface area contributed by atoms with E-state index in [1.165, 1.54) is 38.5 Å². The lowest BCUT2D eigenvalue weighted by molar-refractivity contribution is 0.102. The third-order valence-electron chi connectivity index (χ3n) is 3.60. The van der Waals surface area contributed by atoms with Crippen LogP contribution in [0.2, 0.25) is 5.02 Å². The van der Waals surface area contributed by atoms with Crippen molar-refractivity contribution in [3.8, 4) is 11.5 Å². The molecule has 12 heteroatoms. The maximum absolute atomic E-state index is 12.6. The van der Waals surface area contributed by atoms with Gasteiger partial charge in [0.2, 0.25) is 5.13 Å². The van der Waals surface area contributed by atoms with Crippen LogP contribution in [0.3, 0.4) is 0 Å². The van der Waals surface area contributed by atoms with Crippen LogP contribution in [0.25, 0.3) is 0 Å². The molecule has 0 aliphatic rings. The van der Waals surface area contributed by atoms with Crippen LogP contribution in [-0.2, 0) is 10.0 Å². The van der Waals surface area contributed by atoms with Crippen LogP contribution in [0.5, 0.6) is 11.5 Å². The predicted molar refractivity (Wildman–Crippen MR) is 110 cm³/mol. The van der Waals surface area contributed by atoms with Gasteiger partial charge in [-0.1, -0.05) is 22.9 Å². The Morgan fingerprint density at radius 2 is 1.72 bits per heavy atom. The van der Waals surface area contributed by atoms with Gasteiger partial charge in [-0.15, -0.1) is 10.2 Å². The molecule has 0 fully saturated rings. The van der Waals surface area contributed by atoms with Crippen molar-refractivity contribution >= 4 is 49.7 Å². The molecule has 152 valence electrons. The first-order valence-electron chi connectivity index (χ1n) is 7.97. The molecule has 1 aromatic heterocycles. The summed E-state index contributed by atoms with van der Waals surface area (Å²) in [5.74, 6) is 0.356. The molecule has 0 aliphatic carbocycles. The summed E-state index contributed by atoms with van der Waals surface area (Å²) in [5.41, 5.74) is 0.599. The van der Waals surface area contributed by atoms with Crippen LogP contribution in [-0.4, -0.2) is 38.7 Å². The number of carbonyl (C=O) groups excluding carboxylic acids is 1. The summed E-state index contributed by atoms with van der Waals surface area (Å²) in [7, 11) is -1.10. The number of rotatable bonds is 7. The average molecular weight is 455 g/mol. The van der Waals surface area contributed by atoms with E-state index in [-0.39, 0.29) is 15.2 Å². The van der Waals surface area contributed by atoms with E-state index < -0.39 is 15.9 Å². The normalized spacial score (nSPS) is 11.0. The highest BCUT2D eigenvalue weighted by molar-refractivity contribution is 7.94. The molecule has 0 spiro atoms. The van der Waals surface area contributed by atoms with E-state index in [4.69, 9.17) is 21.1 Å². The molecule has 0 saturated heterocycles. The fourth-order valence-electron chi connectivity index (χ4n) is 2.24. The maximum atomic E-state index is 12.6. The number of amides is 1. The van der Waals surface area contributed by atoms with Gasteiger partial charge in [0.25, 0.3) is 20.3 Å². The Hall–Kier alpha value is -2.89. The summed E-state index contributed by atoms with van der Waals surface area (Å²) in [5, 5.41) is 10.4. The number of methoxy groups -OCH3 is 2. The lowest BCUT2D eigenvalue weighted by Gasteiger charge is -2.10. The molecular formula is C17H15ClN4O5S2. The Bertz CT molecular complexity index is 1130. The number of hydrogen-bond donors (Lipinski definition) is 2. The van der Waals surface area contributed by atoms with Crippen molar-refractivity contribution in [2.75, 3.05) is 24.3 Å². The summed E-state index contributed by atoms with van der Waals surface area (Å²) in [4.78, 5) is 12.2. The zero-order valence-corrected chi connectivity index (χ0v) is 17.6. The number of carbonyl (C=O) groups is 1. The predicted octanol–water partition coefficient (Wildman–Crippen LogP) is 3.26. The summed E-state index contributed by atoms with van der Waals surface area (Å²) in [6.45, 7) is 0. The van der Waals surface area contributed by atoms with Crippen molar-refractivity contribution in [3.05, 3.63) is 53.1 Å². The van der Waals surface area contributed by atoms with Crippen LogP contribution >= 0.6 is 22.9 Å². The van der Waals surface area contributed by atoms with Gasteiger partial charge < -0.3 is 9.47 Å². The quantitative estimate of drug-likeness (QED) is 0.525. The Labute approximate surface area is 175 Å². The van der Waals surface area contributed by atoms with Crippen LogP contribution < -0.4 is 19.5 Å². The van der Waals surface area contributed by atoms with E-state index in [9.17, 15) is 13.2 Å². The number of anilines is 2. The molecule has 2 aromatic carbocycles. The van der Waals surface area contributed by atoms with Crippen LogP contribution in [0.4, 0.5) is 10.8 Å². The Morgan fingerprint density at radius 1 is 1.03 bits per heavy atom. The highest BCUT2D eigenvalue weighted by Crippen LogP contribution is 2.31. The Morgan fingerprint density at radius 3 is 2.38 bits per heavy atom. The summed E-state index contributed by atoms with van der Waals surface area (Å²) < 4.78 is 37.5. The van der Waals surface area contributed by atoms with Crippen LogP contribution in [0.15, 0.2) is 46.8 Å². The number of benzene rings is 2. The van der Waals surface area contributed by atoms with Crippen molar-refractivity contribution in [2.45, 2.75) is 4.34 Å². The molecular weight excluding hydrogens is 440 g/mol. The minimum Gasteiger partial charge on any atom is -0.493 e. The Balaban J connectivity index is 1.74. The van der Waals surface area contributed by atoms with Crippen LogP contribution in [0, 0.1) is 0 Å². The highest BCUT2D eigenvalue weighted by Gasteiger charge is 2.22. The van der Waals surface area contributed by atoms with E-state index in [2.05, 4.69) is 20.2 Å². The molecule has 3 aromatic rings. The third-order valence-corrected chi connectivity index (χ3v) is 6.44. The first kappa shape index (κ1) is 20.8. The fraction of sp³-hybridized carbons (Fsp3) is 0.118. The standard InChI is InChI=1S/C17H15ClN4O5S2/c1-26-13-8-7-12(9-14(13)27-2)22-29(24,25)17-21-20-16(28-17)19-15(23)10-3-5-11(18)6-4-10/h3-9,22H,1-2H3,(H,19,20,23). The average Bonchev–Trinajstić information content (AvgIpc) is 3.17. The fourth-order valence-corrected chi connectivity index (χ4v) is 4.31. The van der Waals surface area contributed by atoms with E-state index >= 15 is 0 Å². The van der Waals surface area contributed by atoms with Gasteiger partial charge in [0.05, 0.1) is 19.9 Å². The van der Waals surface area contributed by atoms with Crippen molar-refractivity contribution in [1.82, 2.24) is 10.2 Å². The van der Waals surface area contributed by atoms with Gasteiger partial charge in [-0.2, -0.15) is 8.42 Å². The number of hydrogen-bond acceptors (Lipinski definition) is 8. The molecule has 3 rings (SSSR count). The molecule has 1 amide bonds. The lowest BCUT2D eigenvalue weighted by atomic mass is 10.2. The van der Waals surface area contributed by atoms with Gasteiger partial charge >= 0.3 is 0 Å². The van der Waals surface area contributed by atoms with Gasteiger partial charge in [0, 0.05) is 16.7 Å². The van der Waals surface area contributed by atoms with Gasteiger partial charge in [-0.05, 0) is 36.4 Å². The maximum Gasteiger partial charge on any atom is 0.291 e. The number of halogens is 1. The van der Waals surface area contributed by atoms with Gasteiger partial charge in [-0.25, -0.2) is 0 Å². The van der Waals surface area contributed by atoms with E-state index in [0.717, 1.165) is 0 Å². The molecule has 0 radical (unpaired) electrons. The number of nitrogens with one attached hydrogen (secondary N) is 2. The molecule has 0 saturated carbocycles. The van der Waals surface area contributed by atoms with Gasteiger partial charge in [-0.3, -0.25) is 14.8 Å². The first-order chi connectivity index (χ1) is 13.8. The largest absolute Gasteiger partial charge is 0.493 e. The number of nitrogens with zero attached hydrogens (tertiary/aromatic N) is 2. The first-order valence-corrected chi connectivity index (χ1v) is 10.7. The second-order valence-corrected chi connectivity index (χ2v) is 8.78. The molecule has 9 nitrogen and oxygen atoms in total. The summed E-state index contributed by atoms with van der Waals surface area (Å²) >= 11 is 6.51. The summed E-state index contributed by atoms with van der Waals surface area (Å²) in [6.07, 6.45) is 0.